The summed E-state index contributed by atoms with van der Waals surface area (Å²) in [6.07, 6.45) is 4.97. The molecule has 0 radical (unpaired) electrons. The normalized spacial score (nSPS) is 14.7. The summed E-state index contributed by atoms with van der Waals surface area (Å²) in [6, 6.07) is 10.7. The Labute approximate surface area is 153 Å². The van der Waals surface area contributed by atoms with Crippen LogP contribution in [0.1, 0.15) is 33.6 Å². The minimum Gasteiger partial charge on any atom is -0.497 e. The van der Waals surface area contributed by atoms with Gasteiger partial charge in [-0.1, -0.05) is 0 Å². The van der Waals surface area contributed by atoms with Gasteiger partial charge in [-0.2, -0.15) is 0 Å². The molecular weight excluding hydrogens is 330 g/mol. The maximum absolute atomic E-state index is 12.6. The molecule has 0 spiro atoms. The van der Waals surface area contributed by atoms with Gasteiger partial charge in [-0.05, 0) is 55.2 Å². The van der Waals surface area contributed by atoms with Gasteiger partial charge in [0, 0.05) is 37.6 Å². The zero-order chi connectivity index (χ0) is 18.4. The second-order valence-electron chi connectivity index (χ2n) is 6.42. The summed E-state index contributed by atoms with van der Waals surface area (Å²) < 4.78 is 5.12. The number of carbonyl (C=O) groups is 2. The van der Waals surface area contributed by atoms with Crippen molar-refractivity contribution in [3.63, 3.8) is 0 Å². The van der Waals surface area contributed by atoms with Crippen LogP contribution in [0.15, 0.2) is 48.8 Å². The number of methoxy groups -OCH3 is 1. The lowest BCUT2D eigenvalue weighted by molar-refractivity contribution is 0.0684. The number of benzene rings is 1. The van der Waals surface area contributed by atoms with Gasteiger partial charge in [0.25, 0.3) is 11.8 Å². The molecule has 1 aromatic heterocycles. The van der Waals surface area contributed by atoms with Crippen molar-refractivity contribution in [2.24, 2.45) is 5.92 Å². The van der Waals surface area contributed by atoms with E-state index in [0.717, 1.165) is 18.6 Å². The monoisotopic (exact) mass is 353 g/mol. The quantitative estimate of drug-likeness (QED) is 0.896. The highest BCUT2D eigenvalue weighted by atomic mass is 16.5. The van der Waals surface area contributed by atoms with Crippen molar-refractivity contribution in [1.82, 2.24) is 15.2 Å². The van der Waals surface area contributed by atoms with Crippen molar-refractivity contribution in [3.05, 3.63) is 59.9 Å². The average molecular weight is 353 g/mol. The standard InChI is InChI=1S/C20H23N3O3/c1-26-18-6-4-16(5-7-18)20(25)23-11-8-15(9-12-23)13-22-19(24)17-3-2-10-21-14-17/h2-7,10,14-15H,8-9,11-13H2,1H3,(H,22,24). The molecule has 0 saturated carbocycles. The van der Waals surface area contributed by atoms with Crippen LogP contribution >= 0.6 is 0 Å². The number of hydrogen-bond acceptors (Lipinski definition) is 4. The number of rotatable bonds is 5. The van der Waals surface area contributed by atoms with Crippen LogP contribution in [-0.4, -0.2) is 48.4 Å². The first-order chi connectivity index (χ1) is 12.7. The van der Waals surface area contributed by atoms with Crippen LogP contribution in [-0.2, 0) is 0 Å². The van der Waals surface area contributed by atoms with E-state index in [-0.39, 0.29) is 11.8 Å². The molecule has 1 aliphatic rings. The van der Waals surface area contributed by atoms with E-state index in [1.807, 2.05) is 4.90 Å². The number of amides is 2. The Hall–Kier alpha value is -2.89. The lowest BCUT2D eigenvalue weighted by Gasteiger charge is -2.32. The molecule has 1 fully saturated rings. The largest absolute Gasteiger partial charge is 0.497 e. The molecule has 1 aliphatic heterocycles. The smallest absolute Gasteiger partial charge is 0.253 e. The number of piperidine rings is 1. The number of likely N-dealkylation sites (tertiary alicyclic amines) is 1. The predicted octanol–water partition coefficient (Wildman–Crippen LogP) is 2.37. The van der Waals surface area contributed by atoms with Crippen LogP contribution in [0.4, 0.5) is 0 Å². The molecule has 6 nitrogen and oxygen atoms in total. The molecule has 1 N–H and O–H groups in total. The number of nitrogens with one attached hydrogen (secondary N) is 1. The highest BCUT2D eigenvalue weighted by molar-refractivity contribution is 5.94. The van der Waals surface area contributed by atoms with Crippen molar-refractivity contribution in [2.45, 2.75) is 12.8 Å². The molecule has 0 atom stereocenters. The molecule has 6 heteroatoms. The van der Waals surface area contributed by atoms with Crippen LogP contribution in [0.2, 0.25) is 0 Å². The maximum Gasteiger partial charge on any atom is 0.253 e. The molecule has 136 valence electrons. The summed E-state index contributed by atoms with van der Waals surface area (Å²) >= 11 is 0. The Morgan fingerprint density at radius 2 is 1.88 bits per heavy atom. The van der Waals surface area contributed by atoms with E-state index < -0.39 is 0 Å². The van der Waals surface area contributed by atoms with Gasteiger partial charge < -0.3 is 15.0 Å². The van der Waals surface area contributed by atoms with Gasteiger partial charge in [0.2, 0.25) is 0 Å². The number of hydrogen-bond donors (Lipinski definition) is 1. The minimum absolute atomic E-state index is 0.0468. The summed E-state index contributed by atoms with van der Waals surface area (Å²) in [7, 11) is 1.61. The van der Waals surface area contributed by atoms with E-state index in [1.54, 1.807) is 55.9 Å². The lowest BCUT2D eigenvalue weighted by Crippen LogP contribution is -2.41. The second kappa shape index (κ2) is 8.47. The summed E-state index contributed by atoms with van der Waals surface area (Å²) in [5.41, 5.74) is 1.24. The van der Waals surface area contributed by atoms with Crippen LogP contribution < -0.4 is 10.1 Å². The van der Waals surface area contributed by atoms with Gasteiger partial charge in [-0.3, -0.25) is 14.6 Å². The molecule has 2 heterocycles. The van der Waals surface area contributed by atoms with Gasteiger partial charge in [0.05, 0.1) is 12.7 Å². The molecule has 2 amide bonds. The third kappa shape index (κ3) is 4.39. The third-order valence-electron chi connectivity index (χ3n) is 4.71. The van der Waals surface area contributed by atoms with Gasteiger partial charge >= 0.3 is 0 Å². The number of aromatic nitrogens is 1. The Morgan fingerprint density at radius 1 is 1.15 bits per heavy atom. The molecular formula is C20H23N3O3. The zero-order valence-electron chi connectivity index (χ0n) is 14.9. The molecule has 3 rings (SSSR count). The number of ether oxygens (including phenoxy) is 1. The van der Waals surface area contributed by atoms with E-state index in [9.17, 15) is 9.59 Å². The van der Waals surface area contributed by atoms with Crippen LogP contribution in [0.3, 0.4) is 0 Å². The Bertz CT molecular complexity index is 739. The molecule has 1 saturated heterocycles. The van der Waals surface area contributed by atoms with Crippen molar-refractivity contribution in [1.29, 1.82) is 0 Å². The van der Waals surface area contributed by atoms with E-state index >= 15 is 0 Å². The Kier molecular flexibility index (Phi) is 5.84. The summed E-state index contributed by atoms with van der Waals surface area (Å²) in [5.74, 6) is 1.07. The molecule has 2 aromatic rings. The first-order valence-electron chi connectivity index (χ1n) is 8.79. The molecule has 26 heavy (non-hydrogen) atoms. The molecule has 0 unspecified atom stereocenters. The number of carbonyl (C=O) groups excluding carboxylic acids is 2. The highest BCUT2D eigenvalue weighted by Gasteiger charge is 2.24. The molecule has 1 aromatic carbocycles. The van der Waals surface area contributed by atoms with Gasteiger partial charge in [-0.25, -0.2) is 0 Å². The first-order valence-corrected chi connectivity index (χ1v) is 8.79. The molecule has 0 aliphatic carbocycles. The van der Waals surface area contributed by atoms with Gasteiger partial charge in [0.15, 0.2) is 0 Å². The van der Waals surface area contributed by atoms with Crippen LogP contribution in [0, 0.1) is 5.92 Å². The number of nitrogens with zero attached hydrogens (tertiary/aromatic N) is 2. The number of pyridine rings is 1. The lowest BCUT2D eigenvalue weighted by atomic mass is 9.96. The fourth-order valence-electron chi connectivity index (χ4n) is 3.09. The first kappa shape index (κ1) is 17.9. The van der Waals surface area contributed by atoms with Gasteiger partial charge in [0.1, 0.15) is 5.75 Å². The Morgan fingerprint density at radius 3 is 2.50 bits per heavy atom. The van der Waals surface area contributed by atoms with Crippen molar-refractivity contribution >= 4 is 11.8 Å². The predicted molar refractivity (Wildman–Crippen MR) is 98.2 cm³/mol. The zero-order valence-corrected chi connectivity index (χ0v) is 14.9. The van der Waals surface area contributed by atoms with Gasteiger partial charge in [-0.15, -0.1) is 0 Å². The Balaban J connectivity index is 1.46. The van der Waals surface area contributed by atoms with E-state index in [4.69, 9.17) is 4.74 Å². The fraction of sp³-hybridized carbons (Fsp3) is 0.350. The fourth-order valence-corrected chi connectivity index (χ4v) is 3.09. The van der Waals surface area contributed by atoms with E-state index in [1.165, 1.54) is 0 Å². The van der Waals surface area contributed by atoms with Crippen molar-refractivity contribution in [3.8, 4) is 5.75 Å². The average Bonchev–Trinajstić information content (AvgIpc) is 2.72. The second-order valence-corrected chi connectivity index (χ2v) is 6.42. The highest BCUT2D eigenvalue weighted by Crippen LogP contribution is 2.20. The minimum atomic E-state index is -0.102. The van der Waals surface area contributed by atoms with Crippen molar-refractivity contribution < 1.29 is 14.3 Å². The summed E-state index contributed by atoms with van der Waals surface area (Å²) in [5, 5.41) is 2.96. The van der Waals surface area contributed by atoms with E-state index in [0.29, 0.717) is 36.7 Å². The summed E-state index contributed by atoms with van der Waals surface area (Å²) in [6.45, 7) is 2.04. The molecule has 0 bridgehead atoms. The summed E-state index contributed by atoms with van der Waals surface area (Å²) in [4.78, 5) is 30.5. The topological polar surface area (TPSA) is 71.5 Å². The van der Waals surface area contributed by atoms with Crippen molar-refractivity contribution in [2.75, 3.05) is 26.7 Å². The third-order valence-corrected chi connectivity index (χ3v) is 4.71. The van der Waals surface area contributed by atoms with E-state index in [2.05, 4.69) is 10.3 Å². The maximum atomic E-state index is 12.6. The SMILES string of the molecule is COc1ccc(C(=O)N2CCC(CNC(=O)c3cccnc3)CC2)cc1. The van der Waals surface area contributed by atoms with Crippen LogP contribution in [0.5, 0.6) is 5.75 Å². The van der Waals surface area contributed by atoms with Crippen LogP contribution in [0.25, 0.3) is 0 Å².